The number of hydrogen-bond acceptors (Lipinski definition) is 4. The summed E-state index contributed by atoms with van der Waals surface area (Å²) in [6, 6.07) is 7.45. The second-order valence-electron chi connectivity index (χ2n) is 5.07. The van der Waals surface area contributed by atoms with E-state index >= 15 is 0 Å². The van der Waals surface area contributed by atoms with E-state index in [0.717, 1.165) is 11.3 Å². The van der Waals surface area contributed by atoms with Crippen molar-refractivity contribution in [2.24, 2.45) is 11.0 Å². The molecule has 0 spiro atoms. The molecular formula is C15H19N3O3. The van der Waals surface area contributed by atoms with Gasteiger partial charge in [0.05, 0.1) is 12.5 Å². The molecule has 1 aromatic rings. The topological polar surface area (TPSA) is 71.0 Å². The smallest absolute Gasteiger partial charge is 0.411 e. The van der Waals surface area contributed by atoms with Crippen LogP contribution in [0.2, 0.25) is 0 Å². The molecule has 0 aromatic heterocycles. The summed E-state index contributed by atoms with van der Waals surface area (Å²) in [4.78, 5) is 23.4. The molecule has 0 saturated heterocycles. The van der Waals surface area contributed by atoms with Gasteiger partial charge in [-0.2, -0.15) is 5.10 Å². The number of hydrogen-bond donors (Lipinski definition) is 1. The summed E-state index contributed by atoms with van der Waals surface area (Å²) in [6.07, 6.45) is -0.0753. The number of rotatable bonds is 4. The number of amides is 2. The number of ether oxygens (including phenoxy) is 1. The summed E-state index contributed by atoms with van der Waals surface area (Å²) in [5, 5.41) is 8.05. The minimum absolute atomic E-state index is 0.0600. The molecule has 1 aliphatic rings. The van der Waals surface area contributed by atoms with Crippen LogP contribution in [-0.4, -0.2) is 36.4 Å². The maximum atomic E-state index is 11.8. The fraction of sp³-hybridized carbons (Fsp3) is 0.400. The minimum atomic E-state index is -0.519. The van der Waals surface area contributed by atoms with Gasteiger partial charge in [-0.05, 0) is 38.0 Å². The quantitative estimate of drug-likeness (QED) is 0.925. The summed E-state index contributed by atoms with van der Waals surface area (Å²) < 4.78 is 5.10. The van der Waals surface area contributed by atoms with Crippen molar-refractivity contribution in [2.75, 3.05) is 19.0 Å². The number of aryl methyl sites for hydroxylation is 1. The van der Waals surface area contributed by atoms with Gasteiger partial charge in [-0.25, -0.2) is 9.80 Å². The maximum Gasteiger partial charge on any atom is 0.411 e. The van der Waals surface area contributed by atoms with Crippen LogP contribution >= 0.6 is 0 Å². The summed E-state index contributed by atoms with van der Waals surface area (Å²) in [5.41, 5.74) is 2.50. The maximum absolute atomic E-state index is 11.8. The molecule has 1 aromatic carbocycles. The minimum Gasteiger partial charge on any atom is -0.449 e. The van der Waals surface area contributed by atoms with Crippen LogP contribution in [0.5, 0.6) is 0 Å². The van der Waals surface area contributed by atoms with Crippen LogP contribution in [0.3, 0.4) is 0 Å². The highest BCUT2D eigenvalue weighted by molar-refractivity contribution is 6.06. The lowest BCUT2D eigenvalue weighted by Crippen LogP contribution is -2.26. The Kier molecular flexibility index (Phi) is 4.57. The van der Waals surface area contributed by atoms with Gasteiger partial charge in [0.15, 0.2) is 0 Å². The Labute approximate surface area is 123 Å². The van der Waals surface area contributed by atoms with Crippen LogP contribution in [0.25, 0.3) is 0 Å². The lowest BCUT2D eigenvalue weighted by molar-refractivity contribution is -0.130. The van der Waals surface area contributed by atoms with Crippen molar-refractivity contribution in [3.05, 3.63) is 29.8 Å². The number of benzene rings is 1. The molecule has 6 nitrogen and oxygen atoms in total. The Balaban J connectivity index is 1.77. The molecule has 2 amide bonds. The van der Waals surface area contributed by atoms with E-state index in [4.69, 9.17) is 4.74 Å². The first-order chi connectivity index (χ1) is 9.97. The molecule has 112 valence electrons. The molecule has 0 saturated carbocycles. The van der Waals surface area contributed by atoms with Crippen LogP contribution in [0.4, 0.5) is 10.5 Å². The normalized spacial score (nSPS) is 17.7. The van der Waals surface area contributed by atoms with E-state index in [-0.39, 0.29) is 18.4 Å². The third kappa shape index (κ3) is 3.81. The van der Waals surface area contributed by atoms with Crippen LogP contribution in [0.15, 0.2) is 29.4 Å². The monoisotopic (exact) mass is 289 g/mol. The largest absolute Gasteiger partial charge is 0.449 e. The zero-order valence-corrected chi connectivity index (χ0v) is 12.4. The van der Waals surface area contributed by atoms with Crippen molar-refractivity contribution in [3.63, 3.8) is 0 Å². The van der Waals surface area contributed by atoms with Crippen molar-refractivity contribution in [2.45, 2.75) is 20.3 Å². The van der Waals surface area contributed by atoms with E-state index in [1.54, 1.807) is 20.0 Å². The van der Waals surface area contributed by atoms with Crippen LogP contribution in [-0.2, 0) is 9.53 Å². The van der Waals surface area contributed by atoms with E-state index < -0.39 is 6.09 Å². The lowest BCUT2D eigenvalue weighted by atomic mass is 10.0. The number of anilines is 1. The summed E-state index contributed by atoms with van der Waals surface area (Å²) >= 11 is 0. The van der Waals surface area contributed by atoms with Gasteiger partial charge in [-0.1, -0.05) is 12.1 Å². The number of carbonyl (C=O) groups excluding carboxylic acids is 2. The number of carbonyl (C=O) groups is 2. The van der Waals surface area contributed by atoms with Gasteiger partial charge < -0.3 is 4.74 Å². The molecule has 1 unspecified atom stereocenters. The molecule has 1 N–H and O–H groups in total. The first-order valence-corrected chi connectivity index (χ1v) is 6.80. The van der Waals surface area contributed by atoms with Crippen molar-refractivity contribution >= 4 is 23.4 Å². The molecule has 0 aliphatic carbocycles. The molecular weight excluding hydrogens is 270 g/mol. The second kappa shape index (κ2) is 6.39. The molecule has 21 heavy (non-hydrogen) atoms. The Morgan fingerprint density at radius 3 is 2.81 bits per heavy atom. The number of hydrazone groups is 1. The van der Waals surface area contributed by atoms with E-state index in [1.807, 2.05) is 25.1 Å². The van der Waals surface area contributed by atoms with Gasteiger partial charge in [0, 0.05) is 18.4 Å². The van der Waals surface area contributed by atoms with Crippen LogP contribution in [0.1, 0.15) is 18.9 Å². The van der Waals surface area contributed by atoms with Crippen molar-refractivity contribution in [3.8, 4) is 0 Å². The Morgan fingerprint density at radius 2 is 2.19 bits per heavy atom. The van der Waals surface area contributed by atoms with E-state index in [2.05, 4.69) is 10.4 Å². The molecule has 6 heteroatoms. The molecule has 0 bridgehead atoms. The third-order valence-electron chi connectivity index (χ3n) is 3.33. The van der Waals surface area contributed by atoms with Crippen LogP contribution < -0.4 is 5.32 Å². The average Bonchev–Trinajstić information content (AvgIpc) is 2.65. The number of nitrogens with zero attached hydrogens (tertiary/aromatic N) is 2. The van der Waals surface area contributed by atoms with Crippen molar-refractivity contribution in [1.82, 2.24) is 5.01 Å². The highest BCUT2D eigenvalue weighted by Gasteiger charge is 2.30. The zero-order chi connectivity index (χ0) is 15.4. The average molecular weight is 289 g/mol. The first kappa shape index (κ1) is 15.0. The van der Waals surface area contributed by atoms with E-state index in [9.17, 15) is 9.59 Å². The van der Waals surface area contributed by atoms with Crippen molar-refractivity contribution < 1.29 is 14.3 Å². The highest BCUT2D eigenvalue weighted by Crippen LogP contribution is 2.17. The standard InChI is InChI=1S/C15H19N3O3/c1-10-5-4-6-12(9-10)16-15(20)21-8-7-13-11(2)17-18(3)14(13)19/h4-6,9,13H,7-8H2,1-3H3,(H,16,20). The van der Waals surface area contributed by atoms with Gasteiger partial charge in [-0.15, -0.1) is 0 Å². The molecule has 2 rings (SSSR count). The SMILES string of the molecule is CC1=NN(C)C(=O)C1CCOC(=O)Nc1cccc(C)c1. The zero-order valence-electron chi connectivity index (χ0n) is 12.4. The Hall–Kier alpha value is -2.37. The van der Waals surface area contributed by atoms with Gasteiger partial charge in [0.1, 0.15) is 0 Å². The van der Waals surface area contributed by atoms with E-state index in [1.165, 1.54) is 5.01 Å². The highest BCUT2D eigenvalue weighted by atomic mass is 16.5. The second-order valence-corrected chi connectivity index (χ2v) is 5.07. The molecule has 1 aliphatic heterocycles. The Bertz CT molecular complexity index is 583. The summed E-state index contributed by atoms with van der Waals surface area (Å²) in [6.45, 7) is 3.93. The van der Waals surface area contributed by atoms with Gasteiger partial charge >= 0.3 is 6.09 Å². The predicted octanol–water partition coefficient (Wildman–Crippen LogP) is 2.40. The third-order valence-corrected chi connectivity index (χ3v) is 3.33. The van der Waals surface area contributed by atoms with Gasteiger partial charge in [-0.3, -0.25) is 10.1 Å². The summed E-state index contributed by atoms with van der Waals surface area (Å²) in [7, 11) is 1.62. The first-order valence-electron chi connectivity index (χ1n) is 6.80. The number of nitrogens with one attached hydrogen (secondary N) is 1. The van der Waals surface area contributed by atoms with Gasteiger partial charge in [0.25, 0.3) is 5.91 Å². The van der Waals surface area contributed by atoms with Crippen LogP contribution in [0, 0.1) is 12.8 Å². The molecule has 1 atom stereocenters. The Morgan fingerprint density at radius 1 is 1.43 bits per heavy atom. The fourth-order valence-electron chi connectivity index (χ4n) is 2.24. The fourth-order valence-corrected chi connectivity index (χ4v) is 2.24. The van der Waals surface area contributed by atoms with Gasteiger partial charge in [0.2, 0.25) is 0 Å². The predicted molar refractivity (Wildman–Crippen MR) is 80.1 cm³/mol. The summed E-state index contributed by atoms with van der Waals surface area (Å²) in [5.74, 6) is -0.350. The van der Waals surface area contributed by atoms with E-state index in [0.29, 0.717) is 12.1 Å². The molecule has 1 heterocycles. The van der Waals surface area contributed by atoms with Crippen molar-refractivity contribution in [1.29, 1.82) is 0 Å². The molecule has 0 radical (unpaired) electrons. The molecule has 0 fully saturated rings. The lowest BCUT2D eigenvalue weighted by Gasteiger charge is -2.11.